The van der Waals surface area contributed by atoms with E-state index in [2.05, 4.69) is 52.5 Å². The molecule has 0 bridgehead atoms. The van der Waals surface area contributed by atoms with Crippen molar-refractivity contribution >= 4 is 22.9 Å². The van der Waals surface area contributed by atoms with E-state index in [1.165, 1.54) is 5.56 Å². The molecule has 3 aromatic rings. The van der Waals surface area contributed by atoms with Gasteiger partial charge in [0.25, 0.3) is 0 Å². The van der Waals surface area contributed by atoms with Crippen LogP contribution in [0.1, 0.15) is 31.2 Å². The molecule has 4 nitrogen and oxygen atoms in total. The molecule has 2 heterocycles. The number of thiazole rings is 1. The number of anilines is 1. The van der Waals surface area contributed by atoms with Crippen molar-refractivity contribution < 1.29 is 4.79 Å². The molecule has 2 aromatic carbocycles. The molecular weight excluding hydrogens is 378 g/mol. The normalized spacial score (nSPS) is 16.4. The summed E-state index contributed by atoms with van der Waals surface area (Å²) in [6.45, 7) is 5.29. The van der Waals surface area contributed by atoms with Gasteiger partial charge in [-0.15, -0.1) is 11.3 Å². The van der Waals surface area contributed by atoms with E-state index < -0.39 is 0 Å². The topological polar surface area (TPSA) is 45.2 Å². The van der Waals surface area contributed by atoms with Gasteiger partial charge >= 0.3 is 0 Å². The molecule has 5 heteroatoms. The molecule has 1 fully saturated rings. The zero-order valence-electron chi connectivity index (χ0n) is 16.8. The Hall–Kier alpha value is -2.50. The van der Waals surface area contributed by atoms with Gasteiger partial charge in [0.05, 0.1) is 11.2 Å². The molecule has 0 spiro atoms. The van der Waals surface area contributed by atoms with Crippen LogP contribution in [0.2, 0.25) is 0 Å². The first kappa shape index (κ1) is 19.8. The molecule has 150 valence electrons. The van der Waals surface area contributed by atoms with Crippen LogP contribution in [0.15, 0.2) is 65.5 Å². The van der Waals surface area contributed by atoms with Crippen LogP contribution < -0.4 is 5.32 Å². The van der Waals surface area contributed by atoms with Gasteiger partial charge in [0, 0.05) is 29.1 Å². The first-order valence-electron chi connectivity index (χ1n) is 10.3. The fraction of sp³-hybridized carbons (Fsp3) is 0.333. The summed E-state index contributed by atoms with van der Waals surface area (Å²) in [4.78, 5) is 19.6. The Balaban J connectivity index is 1.29. The number of aromatic nitrogens is 1. The van der Waals surface area contributed by atoms with Crippen LogP contribution in [0.4, 0.5) is 5.69 Å². The minimum Gasteiger partial charge on any atom is -0.326 e. The van der Waals surface area contributed by atoms with Crippen LogP contribution in [-0.4, -0.2) is 35.4 Å². The van der Waals surface area contributed by atoms with Gasteiger partial charge in [-0.1, -0.05) is 49.4 Å². The van der Waals surface area contributed by atoms with Crippen LogP contribution in [0.25, 0.3) is 11.3 Å². The number of likely N-dealkylation sites (tertiary alicyclic amines) is 1. The standard InChI is InChI=1S/C24H27N3OS/c1-18(19-6-3-2-4-7-19)15-27-12-10-20(11-13-27)24(28)26-22-9-5-8-21(14-22)23-16-29-17-25-23/h2-9,14,16-18,20H,10-13,15H2,1H3,(H,26,28). The maximum atomic E-state index is 12.8. The molecule has 1 atom stereocenters. The summed E-state index contributed by atoms with van der Waals surface area (Å²) in [6.07, 6.45) is 1.83. The van der Waals surface area contributed by atoms with E-state index in [9.17, 15) is 4.79 Å². The van der Waals surface area contributed by atoms with Gasteiger partial charge in [-0.25, -0.2) is 4.98 Å². The second kappa shape index (κ2) is 9.33. The lowest BCUT2D eigenvalue weighted by molar-refractivity contribution is -0.121. The number of nitrogens with one attached hydrogen (secondary N) is 1. The number of rotatable bonds is 6. The Morgan fingerprint density at radius 2 is 1.97 bits per heavy atom. The lowest BCUT2D eigenvalue weighted by Gasteiger charge is -2.33. The third-order valence-corrected chi connectivity index (χ3v) is 6.30. The van der Waals surface area contributed by atoms with Gasteiger partial charge in [0.15, 0.2) is 0 Å². The lowest BCUT2D eigenvalue weighted by atomic mass is 9.94. The predicted molar refractivity (Wildman–Crippen MR) is 120 cm³/mol. The summed E-state index contributed by atoms with van der Waals surface area (Å²) in [5.74, 6) is 0.729. The Kier molecular flexibility index (Phi) is 6.37. The SMILES string of the molecule is CC(CN1CCC(C(=O)Nc2cccc(-c3cscn3)c2)CC1)c1ccccc1. The zero-order valence-corrected chi connectivity index (χ0v) is 17.6. The number of hydrogen-bond donors (Lipinski definition) is 1. The monoisotopic (exact) mass is 405 g/mol. The van der Waals surface area contributed by atoms with Crippen molar-refractivity contribution in [2.45, 2.75) is 25.7 Å². The van der Waals surface area contributed by atoms with Gasteiger partial charge in [-0.05, 0) is 49.5 Å². The fourth-order valence-corrected chi connectivity index (χ4v) is 4.57. The number of hydrogen-bond acceptors (Lipinski definition) is 4. The third-order valence-electron chi connectivity index (χ3n) is 5.72. The minimum absolute atomic E-state index is 0.0845. The molecule has 1 N–H and O–H groups in total. The first-order valence-corrected chi connectivity index (χ1v) is 11.2. The highest BCUT2D eigenvalue weighted by Gasteiger charge is 2.26. The largest absolute Gasteiger partial charge is 0.326 e. The van der Waals surface area contributed by atoms with Crippen LogP contribution in [0.3, 0.4) is 0 Å². The summed E-state index contributed by atoms with van der Waals surface area (Å²) < 4.78 is 0. The zero-order chi connectivity index (χ0) is 20.1. The van der Waals surface area contributed by atoms with Crippen LogP contribution >= 0.6 is 11.3 Å². The molecular formula is C24H27N3OS. The van der Waals surface area contributed by atoms with Crippen LogP contribution in [-0.2, 0) is 4.79 Å². The highest BCUT2D eigenvalue weighted by Crippen LogP contribution is 2.25. The number of piperidine rings is 1. The summed E-state index contributed by atoms with van der Waals surface area (Å²) in [7, 11) is 0. The smallest absolute Gasteiger partial charge is 0.227 e. The van der Waals surface area contributed by atoms with E-state index in [1.54, 1.807) is 11.3 Å². The average Bonchev–Trinajstić information content (AvgIpc) is 3.30. The molecule has 0 radical (unpaired) electrons. The van der Waals surface area contributed by atoms with E-state index >= 15 is 0 Å². The molecule has 4 rings (SSSR count). The molecule has 29 heavy (non-hydrogen) atoms. The molecule has 1 amide bonds. The van der Waals surface area contributed by atoms with Crippen molar-refractivity contribution in [1.29, 1.82) is 0 Å². The van der Waals surface area contributed by atoms with E-state index in [1.807, 2.05) is 35.2 Å². The van der Waals surface area contributed by atoms with Gasteiger partial charge in [-0.3, -0.25) is 4.79 Å². The third kappa shape index (κ3) is 5.11. The Morgan fingerprint density at radius 3 is 2.69 bits per heavy atom. The molecule has 1 saturated heterocycles. The first-order chi connectivity index (χ1) is 14.2. The Labute approximate surface area is 176 Å². The highest BCUT2D eigenvalue weighted by molar-refractivity contribution is 7.07. The van der Waals surface area contributed by atoms with Crippen LogP contribution in [0.5, 0.6) is 0 Å². The Bertz CT molecular complexity index is 918. The molecule has 0 saturated carbocycles. The van der Waals surface area contributed by atoms with Crippen molar-refractivity contribution in [2.24, 2.45) is 5.92 Å². The molecule has 1 aliphatic heterocycles. The van der Waals surface area contributed by atoms with Crippen molar-refractivity contribution in [3.8, 4) is 11.3 Å². The average molecular weight is 406 g/mol. The number of nitrogens with zero attached hydrogens (tertiary/aromatic N) is 2. The van der Waals surface area contributed by atoms with Crippen molar-refractivity contribution in [2.75, 3.05) is 25.0 Å². The maximum Gasteiger partial charge on any atom is 0.227 e. The quantitative estimate of drug-likeness (QED) is 0.608. The number of carbonyl (C=O) groups is 1. The van der Waals surface area contributed by atoms with Crippen molar-refractivity contribution in [3.63, 3.8) is 0 Å². The highest BCUT2D eigenvalue weighted by atomic mass is 32.1. The lowest BCUT2D eigenvalue weighted by Crippen LogP contribution is -2.39. The minimum atomic E-state index is 0.0845. The molecule has 1 unspecified atom stereocenters. The molecule has 0 aliphatic carbocycles. The fourth-order valence-electron chi connectivity index (χ4n) is 4.01. The van der Waals surface area contributed by atoms with Gasteiger partial charge < -0.3 is 10.2 Å². The number of benzene rings is 2. The summed E-state index contributed by atoms with van der Waals surface area (Å²) in [6, 6.07) is 18.6. The Morgan fingerprint density at radius 1 is 1.17 bits per heavy atom. The van der Waals surface area contributed by atoms with Crippen LogP contribution in [0, 0.1) is 5.92 Å². The van der Waals surface area contributed by atoms with Gasteiger partial charge in [0.2, 0.25) is 5.91 Å². The van der Waals surface area contributed by atoms with E-state index in [0.29, 0.717) is 5.92 Å². The second-order valence-corrected chi connectivity index (χ2v) is 8.55. The van der Waals surface area contributed by atoms with E-state index in [4.69, 9.17) is 0 Å². The molecule has 1 aromatic heterocycles. The van der Waals surface area contributed by atoms with E-state index in [0.717, 1.165) is 49.4 Å². The van der Waals surface area contributed by atoms with Gasteiger partial charge in [0.1, 0.15) is 0 Å². The van der Waals surface area contributed by atoms with Crippen molar-refractivity contribution in [3.05, 3.63) is 71.1 Å². The predicted octanol–water partition coefficient (Wildman–Crippen LogP) is 5.26. The summed E-state index contributed by atoms with van der Waals surface area (Å²) in [5.41, 5.74) is 6.04. The maximum absolute atomic E-state index is 12.8. The number of amides is 1. The molecule has 1 aliphatic rings. The van der Waals surface area contributed by atoms with E-state index in [-0.39, 0.29) is 11.8 Å². The van der Waals surface area contributed by atoms with Crippen molar-refractivity contribution in [1.82, 2.24) is 9.88 Å². The summed E-state index contributed by atoms with van der Waals surface area (Å²) in [5, 5.41) is 5.13. The number of carbonyl (C=O) groups excluding carboxylic acids is 1. The second-order valence-electron chi connectivity index (χ2n) is 7.83. The van der Waals surface area contributed by atoms with Gasteiger partial charge in [-0.2, -0.15) is 0 Å². The summed E-state index contributed by atoms with van der Waals surface area (Å²) >= 11 is 1.58.